The first kappa shape index (κ1) is 18.0. The van der Waals surface area contributed by atoms with Crippen LogP contribution in [0.5, 0.6) is 0 Å². The van der Waals surface area contributed by atoms with Crippen LogP contribution in [0.1, 0.15) is 40.1 Å². The van der Waals surface area contributed by atoms with Gasteiger partial charge in [-0.25, -0.2) is 4.98 Å². The molecule has 1 aromatic heterocycles. The molecule has 1 atom stereocenters. The lowest BCUT2D eigenvalue weighted by Crippen LogP contribution is -2.04. The summed E-state index contributed by atoms with van der Waals surface area (Å²) in [6.45, 7) is 2.62. The molecule has 0 saturated carbocycles. The fourth-order valence-electron chi connectivity index (χ4n) is 2.95. The van der Waals surface area contributed by atoms with Gasteiger partial charge in [0.1, 0.15) is 10.9 Å². The summed E-state index contributed by atoms with van der Waals surface area (Å²) in [5.74, 6) is -0.0576. The van der Waals surface area contributed by atoms with Gasteiger partial charge in [0.2, 0.25) is 0 Å². The number of hydrogen-bond acceptors (Lipinski definition) is 4. The maximum atomic E-state index is 9.38. The number of aryl methyl sites for hydroxylation is 1. The fraction of sp³-hybridized carbons (Fsp3) is 0.227. The van der Waals surface area contributed by atoms with Crippen LogP contribution < -0.4 is 0 Å². The van der Waals surface area contributed by atoms with Gasteiger partial charge in [0.25, 0.3) is 0 Å². The molecule has 2 aromatic carbocycles. The summed E-state index contributed by atoms with van der Waals surface area (Å²) < 4.78 is 0. The molecule has 0 aliphatic heterocycles. The Morgan fingerprint density at radius 3 is 2.19 bits per heavy atom. The lowest BCUT2D eigenvalue weighted by atomic mass is 9.88. The summed E-state index contributed by atoms with van der Waals surface area (Å²) in [6, 6.07) is 23.3. The van der Waals surface area contributed by atoms with E-state index < -0.39 is 0 Å². The molecule has 3 rings (SSSR count). The minimum Gasteiger partial charge on any atom is -0.296 e. The molecule has 0 unspecified atom stereocenters. The van der Waals surface area contributed by atoms with E-state index in [9.17, 15) is 5.26 Å². The van der Waals surface area contributed by atoms with Crippen molar-refractivity contribution in [3.8, 4) is 6.07 Å². The molecule has 0 bridgehead atoms. The van der Waals surface area contributed by atoms with Gasteiger partial charge >= 0.3 is 0 Å². The third kappa shape index (κ3) is 4.65. The van der Waals surface area contributed by atoms with E-state index in [1.807, 2.05) is 24.4 Å². The maximum absolute atomic E-state index is 9.38. The summed E-state index contributed by atoms with van der Waals surface area (Å²) >= 11 is 1.52. The van der Waals surface area contributed by atoms with Crippen LogP contribution in [-0.4, -0.2) is 17.7 Å². The molecule has 0 radical (unpaired) electrons. The number of hydrogen-bond donors (Lipinski definition) is 0. The van der Waals surface area contributed by atoms with Crippen molar-refractivity contribution in [3.05, 3.63) is 87.9 Å². The maximum Gasteiger partial charge on any atom is 0.133 e. The van der Waals surface area contributed by atoms with Crippen LogP contribution in [0.4, 0.5) is 0 Å². The van der Waals surface area contributed by atoms with Crippen molar-refractivity contribution in [2.24, 2.45) is 4.99 Å². The van der Waals surface area contributed by atoms with Gasteiger partial charge in [0.15, 0.2) is 0 Å². The molecule has 0 aliphatic rings. The first-order chi connectivity index (χ1) is 12.8. The average molecular weight is 359 g/mol. The van der Waals surface area contributed by atoms with E-state index in [2.05, 4.69) is 64.6 Å². The lowest BCUT2D eigenvalue weighted by molar-refractivity contribution is 0.727. The van der Waals surface area contributed by atoms with Crippen LogP contribution in [-0.2, 0) is 0 Å². The Morgan fingerprint density at radius 1 is 1.08 bits per heavy atom. The molecule has 0 fully saturated rings. The number of benzene rings is 2. The molecule has 130 valence electrons. The molecule has 4 heteroatoms. The Hall–Kier alpha value is -2.77. The van der Waals surface area contributed by atoms with E-state index in [0.29, 0.717) is 12.5 Å². The second-order valence-electron chi connectivity index (χ2n) is 6.15. The topological polar surface area (TPSA) is 49.0 Å². The SMILES string of the molecule is Cc1csc([C@H](C#N)C=NCCC(c2ccccc2)c2ccccc2)n1. The van der Waals surface area contributed by atoms with Gasteiger partial charge in [-0.15, -0.1) is 11.3 Å². The standard InChI is InChI=1S/C22H21N3S/c1-17-16-26-22(25-17)20(14-23)15-24-13-12-21(18-8-4-2-5-9-18)19-10-6-3-7-11-19/h2-11,15-16,20-21H,12-13H2,1H3/t20-/m1/s1. The smallest absolute Gasteiger partial charge is 0.133 e. The number of thiazole rings is 1. The van der Waals surface area contributed by atoms with Gasteiger partial charge < -0.3 is 0 Å². The summed E-state index contributed by atoms with van der Waals surface area (Å²) in [4.78, 5) is 8.93. The minimum atomic E-state index is -0.361. The van der Waals surface area contributed by atoms with E-state index in [-0.39, 0.29) is 5.92 Å². The second kappa shape index (κ2) is 9.07. The van der Waals surface area contributed by atoms with Crippen molar-refractivity contribution >= 4 is 17.6 Å². The van der Waals surface area contributed by atoms with Gasteiger partial charge in [-0.1, -0.05) is 60.7 Å². The van der Waals surface area contributed by atoms with E-state index >= 15 is 0 Å². The van der Waals surface area contributed by atoms with Crippen molar-refractivity contribution in [1.82, 2.24) is 4.98 Å². The molecular formula is C22H21N3S. The summed E-state index contributed by atoms with van der Waals surface area (Å²) in [7, 11) is 0. The molecule has 0 spiro atoms. The number of nitriles is 1. The Balaban J connectivity index is 1.69. The number of aromatic nitrogens is 1. The zero-order valence-corrected chi connectivity index (χ0v) is 15.6. The quantitative estimate of drug-likeness (QED) is 0.534. The van der Waals surface area contributed by atoms with Gasteiger partial charge in [-0.3, -0.25) is 4.99 Å². The Kier molecular flexibility index (Phi) is 6.29. The van der Waals surface area contributed by atoms with Crippen LogP contribution in [0.15, 0.2) is 71.0 Å². The zero-order valence-electron chi connectivity index (χ0n) is 14.7. The first-order valence-corrected chi connectivity index (χ1v) is 9.57. The molecule has 0 amide bonds. The summed E-state index contributed by atoms with van der Waals surface area (Å²) in [6.07, 6.45) is 2.64. The van der Waals surface area contributed by atoms with Crippen molar-refractivity contribution < 1.29 is 0 Å². The van der Waals surface area contributed by atoms with E-state index in [1.54, 1.807) is 6.21 Å². The monoisotopic (exact) mass is 359 g/mol. The highest BCUT2D eigenvalue weighted by Gasteiger charge is 2.14. The molecular weight excluding hydrogens is 338 g/mol. The second-order valence-corrected chi connectivity index (χ2v) is 7.04. The Morgan fingerprint density at radius 2 is 1.69 bits per heavy atom. The predicted molar refractivity (Wildman–Crippen MR) is 108 cm³/mol. The van der Waals surface area contributed by atoms with Crippen LogP contribution in [0.2, 0.25) is 0 Å². The van der Waals surface area contributed by atoms with Crippen LogP contribution in [0.25, 0.3) is 0 Å². The molecule has 0 aliphatic carbocycles. The predicted octanol–water partition coefficient (Wildman–Crippen LogP) is 5.35. The first-order valence-electron chi connectivity index (χ1n) is 8.69. The summed E-state index contributed by atoms with van der Waals surface area (Å²) in [5.41, 5.74) is 3.54. The minimum absolute atomic E-state index is 0.303. The average Bonchev–Trinajstić information content (AvgIpc) is 3.12. The molecule has 3 nitrogen and oxygen atoms in total. The van der Waals surface area contributed by atoms with Crippen molar-refractivity contribution in [2.45, 2.75) is 25.2 Å². The highest BCUT2D eigenvalue weighted by atomic mass is 32.1. The molecule has 26 heavy (non-hydrogen) atoms. The van der Waals surface area contributed by atoms with Crippen LogP contribution in [0, 0.1) is 18.3 Å². The molecule has 1 heterocycles. The van der Waals surface area contributed by atoms with Gasteiger partial charge in [0.05, 0.1) is 6.07 Å². The number of rotatable bonds is 7. The zero-order chi connectivity index (χ0) is 18.2. The highest BCUT2D eigenvalue weighted by Crippen LogP contribution is 2.28. The van der Waals surface area contributed by atoms with Crippen LogP contribution in [0.3, 0.4) is 0 Å². The normalized spacial score (nSPS) is 12.3. The van der Waals surface area contributed by atoms with Gasteiger partial charge in [0, 0.05) is 29.8 Å². The summed E-state index contributed by atoms with van der Waals surface area (Å²) in [5, 5.41) is 12.2. The fourth-order valence-corrected chi connectivity index (χ4v) is 3.75. The number of aliphatic imine (C=N–C) groups is 1. The number of nitrogens with zero attached hydrogens (tertiary/aromatic N) is 3. The van der Waals surface area contributed by atoms with E-state index in [0.717, 1.165) is 17.1 Å². The van der Waals surface area contributed by atoms with E-state index in [4.69, 9.17) is 0 Å². The van der Waals surface area contributed by atoms with Gasteiger partial charge in [-0.05, 0) is 24.5 Å². The van der Waals surface area contributed by atoms with Crippen molar-refractivity contribution in [2.75, 3.05) is 6.54 Å². The largest absolute Gasteiger partial charge is 0.296 e. The third-order valence-electron chi connectivity index (χ3n) is 4.25. The van der Waals surface area contributed by atoms with Crippen LogP contribution >= 0.6 is 11.3 Å². The Bertz CT molecular complexity index is 839. The third-order valence-corrected chi connectivity index (χ3v) is 5.29. The van der Waals surface area contributed by atoms with Crippen molar-refractivity contribution in [1.29, 1.82) is 5.26 Å². The highest BCUT2D eigenvalue weighted by molar-refractivity contribution is 7.09. The molecule has 0 N–H and O–H groups in total. The Labute approximate surface area is 158 Å². The molecule has 3 aromatic rings. The lowest BCUT2D eigenvalue weighted by Gasteiger charge is -2.17. The van der Waals surface area contributed by atoms with Crippen molar-refractivity contribution in [3.63, 3.8) is 0 Å². The van der Waals surface area contributed by atoms with E-state index in [1.165, 1.54) is 22.5 Å². The molecule has 0 saturated heterocycles. The van der Waals surface area contributed by atoms with Gasteiger partial charge in [-0.2, -0.15) is 5.26 Å².